The van der Waals surface area contributed by atoms with Gasteiger partial charge in [-0.1, -0.05) is 0 Å². The lowest BCUT2D eigenvalue weighted by molar-refractivity contribution is -0.0284. The largest absolute Gasteiger partial charge is 0.478 e. The van der Waals surface area contributed by atoms with Gasteiger partial charge in [0, 0.05) is 25.4 Å². The molecule has 0 bridgehead atoms. The van der Waals surface area contributed by atoms with E-state index in [1.807, 2.05) is 18.4 Å². The third-order valence-electron chi connectivity index (χ3n) is 3.90. The van der Waals surface area contributed by atoms with Crippen molar-refractivity contribution in [1.29, 1.82) is 0 Å². The van der Waals surface area contributed by atoms with Gasteiger partial charge in [0.25, 0.3) is 5.91 Å². The summed E-state index contributed by atoms with van der Waals surface area (Å²) in [6, 6.07) is 3.45. The predicted octanol–water partition coefficient (Wildman–Crippen LogP) is 1.31. The Hall–Kier alpha value is -2.48. The van der Waals surface area contributed by atoms with Crippen LogP contribution in [-0.4, -0.2) is 56.9 Å². The van der Waals surface area contributed by atoms with Gasteiger partial charge in [0.15, 0.2) is 5.82 Å². The number of ether oxygens (including phenoxy) is 2. The molecular weight excluding hydrogens is 310 g/mol. The molecule has 0 saturated carbocycles. The molecule has 1 amide bonds. The van der Waals surface area contributed by atoms with Crippen molar-refractivity contribution in [3.05, 3.63) is 36.0 Å². The molecule has 1 aliphatic rings. The molecule has 3 heterocycles. The van der Waals surface area contributed by atoms with Crippen LogP contribution in [0.5, 0.6) is 5.88 Å². The molecule has 3 rings (SSSR count). The van der Waals surface area contributed by atoms with Crippen LogP contribution in [0, 0.1) is 0 Å². The maximum atomic E-state index is 12.7. The van der Waals surface area contributed by atoms with E-state index < -0.39 is 0 Å². The number of carbonyl (C=O) groups is 1. The number of amides is 1. The lowest BCUT2D eigenvalue weighted by Gasteiger charge is -2.32. The SMILES string of the molecule is CCOc1ccc(C(=O)N2CCO[C@H](c3nncn3CC)C2)cn1. The Balaban J connectivity index is 1.71. The van der Waals surface area contributed by atoms with E-state index in [2.05, 4.69) is 15.2 Å². The van der Waals surface area contributed by atoms with Gasteiger partial charge in [-0.05, 0) is 19.9 Å². The maximum absolute atomic E-state index is 12.7. The fourth-order valence-corrected chi connectivity index (χ4v) is 2.67. The Morgan fingerprint density at radius 2 is 2.29 bits per heavy atom. The third kappa shape index (κ3) is 3.38. The second kappa shape index (κ2) is 7.39. The molecular formula is C16H21N5O3. The van der Waals surface area contributed by atoms with Crippen LogP contribution < -0.4 is 4.74 Å². The summed E-state index contributed by atoms with van der Waals surface area (Å²) < 4.78 is 13.0. The Morgan fingerprint density at radius 3 is 3.00 bits per heavy atom. The van der Waals surface area contributed by atoms with Crippen LogP contribution in [0.2, 0.25) is 0 Å². The molecule has 8 heteroatoms. The molecule has 0 aromatic carbocycles. The van der Waals surface area contributed by atoms with E-state index >= 15 is 0 Å². The Morgan fingerprint density at radius 1 is 1.42 bits per heavy atom. The summed E-state index contributed by atoms with van der Waals surface area (Å²) in [6.07, 6.45) is 2.96. The quantitative estimate of drug-likeness (QED) is 0.821. The number of rotatable bonds is 5. The second-order valence-corrected chi connectivity index (χ2v) is 5.40. The average molecular weight is 331 g/mol. The van der Waals surface area contributed by atoms with Gasteiger partial charge in [-0.3, -0.25) is 4.79 Å². The van der Waals surface area contributed by atoms with E-state index in [0.29, 0.717) is 37.7 Å². The van der Waals surface area contributed by atoms with Gasteiger partial charge >= 0.3 is 0 Å². The second-order valence-electron chi connectivity index (χ2n) is 5.40. The minimum atomic E-state index is -0.263. The van der Waals surface area contributed by atoms with E-state index in [9.17, 15) is 4.79 Å². The number of carbonyl (C=O) groups excluding carboxylic acids is 1. The monoisotopic (exact) mass is 331 g/mol. The van der Waals surface area contributed by atoms with Gasteiger partial charge in [0.1, 0.15) is 12.4 Å². The van der Waals surface area contributed by atoms with Crippen molar-refractivity contribution in [3.63, 3.8) is 0 Å². The van der Waals surface area contributed by atoms with Gasteiger partial charge in [0.05, 0.1) is 25.3 Å². The lowest BCUT2D eigenvalue weighted by Crippen LogP contribution is -2.43. The van der Waals surface area contributed by atoms with Crippen molar-refractivity contribution in [2.24, 2.45) is 0 Å². The zero-order valence-electron chi connectivity index (χ0n) is 13.9. The normalized spacial score (nSPS) is 17.8. The minimum Gasteiger partial charge on any atom is -0.478 e. The summed E-state index contributed by atoms with van der Waals surface area (Å²) in [5, 5.41) is 8.06. The first-order valence-corrected chi connectivity index (χ1v) is 8.10. The summed E-state index contributed by atoms with van der Waals surface area (Å²) in [5.74, 6) is 1.20. The number of aryl methyl sites for hydroxylation is 1. The number of morpholine rings is 1. The highest BCUT2D eigenvalue weighted by molar-refractivity contribution is 5.94. The summed E-state index contributed by atoms with van der Waals surface area (Å²) in [7, 11) is 0. The van der Waals surface area contributed by atoms with Crippen molar-refractivity contribution in [2.45, 2.75) is 26.5 Å². The van der Waals surface area contributed by atoms with E-state index in [4.69, 9.17) is 9.47 Å². The number of hydrogen-bond donors (Lipinski definition) is 0. The molecule has 1 saturated heterocycles. The van der Waals surface area contributed by atoms with Gasteiger partial charge in [0.2, 0.25) is 5.88 Å². The van der Waals surface area contributed by atoms with Crippen LogP contribution in [0.25, 0.3) is 0 Å². The first kappa shape index (κ1) is 16.4. The van der Waals surface area contributed by atoms with Crippen molar-refractivity contribution < 1.29 is 14.3 Å². The van der Waals surface area contributed by atoms with Gasteiger partial charge in [-0.15, -0.1) is 10.2 Å². The fourth-order valence-electron chi connectivity index (χ4n) is 2.67. The number of hydrogen-bond acceptors (Lipinski definition) is 6. The molecule has 0 spiro atoms. The van der Waals surface area contributed by atoms with Crippen LogP contribution in [0.3, 0.4) is 0 Å². The van der Waals surface area contributed by atoms with Crippen molar-refractivity contribution in [1.82, 2.24) is 24.6 Å². The summed E-state index contributed by atoms with van der Waals surface area (Å²) in [4.78, 5) is 18.6. The van der Waals surface area contributed by atoms with Crippen LogP contribution in [-0.2, 0) is 11.3 Å². The Bertz CT molecular complexity index is 685. The summed E-state index contributed by atoms with van der Waals surface area (Å²) in [5.41, 5.74) is 0.538. The predicted molar refractivity (Wildman–Crippen MR) is 85.7 cm³/mol. The highest BCUT2D eigenvalue weighted by Gasteiger charge is 2.29. The van der Waals surface area contributed by atoms with Crippen LogP contribution in [0.4, 0.5) is 0 Å². The minimum absolute atomic E-state index is 0.0681. The molecule has 0 N–H and O–H groups in total. The molecule has 8 nitrogen and oxygen atoms in total. The maximum Gasteiger partial charge on any atom is 0.255 e. The van der Waals surface area contributed by atoms with E-state index in [1.165, 1.54) is 0 Å². The zero-order chi connectivity index (χ0) is 16.9. The van der Waals surface area contributed by atoms with Gasteiger partial charge < -0.3 is 18.9 Å². The van der Waals surface area contributed by atoms with Crippen molar-refractivity contribution in [3.8, 4) is 5.88 Å². The molecule has 1 fully saturated rings. The summed E-state index contributed by atoms with van der Waals surface area (Å²) >= 11 is 0. The molecule has 0 radical (unpaired) electrons. The fraction of sp³-hybridized carbons (Fsp3) is 0.500. The molecule has 128 valence electrons. The van der Waals surface area contributed by atoms with Crippen LogP contribution in [0.15, 0.2) is 24.7 Å². The number of nitrogens with zero attached hydrogens (tertiary/aromatic N) is 5. The third-order valence-corrected chi connectivity index (χ3v) is 3.90. The Kier molecular flexibility index (Phi) is 5.05. The lowest BCUT2D eigenvalue weighted by atomic mass is 10.2. The van der Waals surface area contributed by atoms with E-state index in [0.717, 1.165) is 12.4 Å². The van der Waals surface area contributed by atoms with E-state index in [-0.39, 0.29) is 12.0 Å². The molecule has 0 unspecified atom stereocenters. The van der Waals surface area contributed by atoms with Crippen LogP contribution >= 0.6 is 0 Å². The topological polar surface area (TPSA) is 82.4 Å². The van der Waals surface area contributed by atoms with Gasteiger partial charge in [-0.2, -0.15) is 0 Å². The van der Waals surface area contributed by atoms with Crippen LogP contribution in [0.1, 0.15) is 36.1 Å². The summed E-state index contributed by atoms with van der Waals surface area (Å²) in [6.45, 7) is 6.68. The number of pyridine rings is 1. The Labute approximate surface area is 140 Å². The average Bonchev–Trinajstić information content (AvgIpc) is 3.11. The first-order valence-electron chi connectivity index (χ1n) is 8.10. The standard InChI is InChI=1S/C16H21N5O3/c1-3-20-11-18-19-15(20)13-10-21(7-8-24-13)16(22)12-5-6-14(17-9-12)23-4-2/h5-6,9,11,13H,3-4,7-8,10H2,1-2H3/t13-/m0/s1. The smallest absolute Gasteiger partial charge is 0.255 e. The number of aromatic nitrogens is 4. The van der Waals surface area contributed by atoms with Crippen molar-refractivity contribution in [2.75, 3.05) is 26.3 Å². The zero-order valence-corrected chi connectivity index (χ0v) is 13.9. The molecule has 2 aromatic rings. The van der Waals surface area contributed by atoms with Crippen molar-refractivity contribution >= 4 is 5.91 Å². The molecule has 0 aliphatic carbocycles. The molecule has 1 atom stereocenters. The first-order chi connectivity index (χ1) is 11.7. The molecule has 1 aliphatic heterocycles. The molecule has 24 heavy (non-hydrogen) atoms. The highest BCUT2D eigenvalue weighted by Crippen LogP contribution is 2.22. The van der Waals surface area contributed by atoms with Gasteiger partial charge in [-0.25, -0.2) is 4.98 Å². The molecule has 2 aromatic heterocycles. The highest BCUT2D eigenvalue weighted by atomic mass is 16.5. The van der Waals surface area contributed by atoms with E-state index in [1.54, 1.807) is 29.6 Å².